The maximum atomic E-state index is 12.7. The number of benzene rings is 2. The molecule has 1 heterocycles. The lowest BCUT2D eigenvalue weighted by atomic mass is 10.0. The highest BCUT2D eigenvalue weighted by molar-refractivity contribution is 5.91. The van der Waals surface area contributed by atoms with Crippen LogP contribution in [-0.2, 0) is 4.74 Å². The molecular weight excluding hydrogens is 492 g/mol. The summed E-state index contributed by atoms with van der Waals surface area (Å²) in [7, 11) is 6.29. The Morgan fingerprint density at radius 3 is 1.95 bits per heavy atom. The Balaban J connectivity index is 1.90. The maximum Gasteiger partial charge on any atom is 0.345 e. The van der Waals surface area contributed by atoms with Gasteiger partial charge in [0.15, 0.2) is 23.0 Å². The molecule has 1 fully saturated rings. The molecule has 2 amide bonds. The molecule has 0 bridgehead atoms. The van der Waals surface area contributed by atoms with Gasteiger partial charge < -0.3 is 33.7 Å². The fourth-order valence-electron chi connectivity index (χ4n) is 4.41. The number of nitrogens with zero attached hydrogens (tertiary/aromatic N) is 1. The smallest absolute Gasteiger partial charge is 0.345 e. The predicted octanol–water partition coefficient (Wildman–Crippen LogP) is 6.13. The molecular formula is C28H40N2O8. The van der Waals surface area contributed by atoms with Gasteiger partial charge in [-0.1, -0.05) is 20.3 Å². The summed E-state index contributed by atoms with van der Waals surface area (Å²) < 4.78 is 34.5. The highest BCUT2D eigenvalue weighted by atomic mass is 16.5. The molecule has 2 atom stereocenters. The number of nitrogens with one attached hydrogen (secondary N) is 1. The number of anilines is 1. The second-order valence-corrected chi connectivity index (χ2v) is 9.00. The number of unbranched alkanes of at least 4 members (excludes halogenated alkanes) is 1. The number of carbonyl (C=O) groups is 1. The van der Waals surface area contributed by atoms with E-state index in [1.54, 1.807) is 28.4 Å². The number of amides is 2. The van der Waals surface area contributed by atoms with Crippen LogP contribution in [0.4, 0.5) is 10.5 Å². The summed E-state index contributed by atoms with van der Waals surface area (Å²) in [5, 5.41) is 13.6. The zero-order chi connectivity index (χ0) is 27.7. The van der Waals surface area contributed by atoms with E-state index in [2.05, 4.69) is 5.32 Å². The van der Waals surface area contributed by atoms with Crippen LogP contribution in [0.2, 0.25) is 0 Å². The van der Waals surface area contributed by atoms with E-state index in [4.69, 9.17) is 28.4 Å². The van der Waals surface area contributed by atoms with E-state index < -0.39 is 6.03 Å². The molecule has 3 rings (SSSR count). The van der Waals surface area contributed by atoms with Crippen LogP contribution in [0.25, 0.3) is 0 Å². The van der Waals surface area contributed by atoms with E-state index >= 15 is 0 Å². The molecule has 38 heavy (non-hydrogen) atoms. The number of carbonyl (C=O) groups excluding carboxylic acids is 1. The molecule has 0 aliphatic carbocycles. The third-order valence-electron chi connectivity index (χ3n) is 6.40. The van der Waals surface area contributed by atoms with Crippen LogP contribution in [0.3, 0.4) is 0 Å². The molecule has 0 saturated carbocycles. The molecule has 0 aromatic heterocycles. The molecule has 1 aliphatic heterocycles. The molecule has 10 nitrogen and oxygen atoms in total. The Morgan fingerprint density at radius 1 is 0.895 bits per heavy atom. The largest absolute Gasteiger partial charge is 0.493 e. The van der Waals surface area contributed by atoms with Crippen molar-refractivity contribution in [3.63, 3.8) is 0 Å². The van der Waals surface area contributed by atoms with Crippen molar-refractivity contribution >= 4 is 11.7 Å². The third kappa shape index (κ3) is 6.73. The van der Waals surface area contributed by atoms with E-state index in [1.807, 2.05) is 38.1 Å². The highest BCUT2D eigenvalue weighted by Gasteiger charge is 2.31. The summed E-state index contributed by atoms with van der Waals surface area (Å²) >= 11 is 0. The van der Waals surface area contributed by atoms with Gasteiger partial charge in [-0.05, 0) is 61.1 Å². The first-order valence-corrected chi connectivity index (χ1v) is 13.0. The van der Waals surface area contributed by atoms with E-state index in [9.17, 15) is 10.0 Å². The van der Waals surface area contributed by atoms with Crippen molar-refractivity contribution in [1.29, 1.82) is 0 Å². The quantitative estimate of drug-likeness (QED) is 0.234. The normalized spacial score (nSPS) is 16.6. The molecule has 0 radical (unpaired) electrons. The number of methoxy groups -OCH3 is 4. The van der Waals surface area contributed by atoms with Gasteiger partial charge in [-0.15, -0.1) is 0 Å². The van der Waals surface area contributed by atoms with Crippen LogP contribution in [0.15, 0.2) is 24.3 Å². The van der Waals surface area contributed by atoms with Gasteiger partial charge in [0.05, 0.1) is 59.5 Å². The van der Waals surface area contributed by atoms with Gasteiger partial charge in [-0.3, -0.25) is 5.21 Å². The highest BCUT2D eigenvalue weighted by Crippen LogP contribution is 2.48. The fourth-order valence-corrected chi connectivity index (χ4v) is 4.41. The topological polar surface area (TPSA) is 108 Å². The van der Waals surface area contributed by atoms with Gasteiger partial charge in [0.1, 0.15) is 0 Å². The van der Waals surface area contributed by atoms with Gasteiger partial charge in [-0.2, -0.15) is 0 Å². The van der Waals surface area contributed by atoms with Crippen molar-refractivity contribution in [2.75, 3.05) is 46.9 Å². The summed E-state index contributed by atoms with van der Waals surface area (Å²) in [5.41, 5.74) is 2.15. The second kappa shape index (κ2) is 14.0. The Kier molecular flexibility index (Phi) is 10.7. The Morgan fingerprint density at radius 2 is 1.45 bits per heavy atom. The summed E-state index contributed by atoms with van der Waals surface area (Å²) in [4.78, 5) is 12.7. The SMILES string of the molecule is CCCCN(O)C(=O)Nc1cc(C2CCC(c3cc(OC)c(OC)c(OC)c3)O2)cc(OC)c1OCCC. The van der Waals surface area contributed by atoms with Crippen LogP contribution in [0.5, 0.6) is 28.7 Å². The summed E-state index contributed by atoms with van der Waals surface area (Å²) in [6, 6.07) is 6.85. The zero-order valence-corrected chi connectivity index (χ0v) is 23.2. The number of hydroxylamine groups is 2. The standard InChI is InChI=1S/C28H40N2O8/c1-7-9-12-30(32)28(31)29-20-14-18(15-23(33-3)26(20)37-13-8-2)21-10-11-22(38-21)19-16-24(34-4)27(36-6)25(17-19)35-5/h14-17,21-22,32H,7-13H2,1-6H3,(H,29,31). The van der Waals surface area contributed by atoms with E-state index in [0.717, 1.165) is 36.8 Å². The first-order chi connectivity index (χ1) is 18.4. The first kappa shape index (κ1) is 29.2. The van der Waals surface area contributed by atoms with Crippen LogP contribution >= 0.6 is 0 Å². The first-order valence-electron chi connectivity index (χ1n) is 13.0. The molecule has 0 spiro atoms. The second-order valence-electron chi connectivity index (χ2n) is 9.00. The van der Waals surface area contributed by atoms with Gasteiger partial charge >= 0.3 is 6.03 Å². The Hall–Kier alpha value is -3.37. The summed E-state index contributed by atoms with van der Waals surface area (Å²) in [5.74, 6) is 2.54. The number of hydrogen-bond acceptors (Lipinski definition) is 8. The van der Waals surface area contributed by atoms with E-state index in [0.29, 0.717) is 52.5 Å². The van der Waals surface area contributed by atoms with E-state index in [1.165, 1.54) is 0 Å². The van der Waals surface area contributed by atoms with Gasteiger partial charge in [0.2, 0.25) is 5.75 Å². The van der Waals surface area contributed by atoms with Gasteiger partial charge in [0.25, 0.3) is 0 Å². The molecule has 2 aromatic rings. The van der Waals surface area contributed by atoms with Crippen LogP contribution < -0.4 is 29.0 Å². The number of ether oxygens (including phenoxy) is 6. The molecule has 2 aromatic carbocycles. The average Bonchev–Trinajstić information content (AvgIpc) is 3.44. The predicted molar refractivity (Wildman–Crippen MR) is 143 cm³/mol. The number of hydrogen-bond donors (Lipinski definition) is 2. The lowest BCUT2D eigenvalue weighted by Crippen LogP contribution is -2.33. The van der Waals surface area contributed by atoms with Crippen LogP contribution in [0, 0.1) is 0 Å². The van der Waals surface area contributed by atoms with Crippen LogP contribution in [-0.4, -0.2) is 57.9 Å². The lowest BCUT2D eigenvalue weighted by molar-refractivity contribution is -0.0379. The van der Waals surface area contributed by atoms with Gasteiger partial charge in [0, 0.05) is 0 Å². The molecule has 1 aliphatic rings. The van der Waals surface area contributed by atoms with Crippen molar-refractivity contribution in [3.05, 3.63) is 35.4 Å². The molecule has 10 heteroatoms. The van der Waals surface area contributed by atoms with Crippen molar-refractivity contribution in [2.45, 2.75) is 58.2 Å². The van der Waals surface area contributed by atoms with Gasteiger partial charge in [-0.25, -0.2) is 9.86 Å². The Bertz CT molecular complexity index is 1050. The minimum atomic E-state index is -0.637. The Labute approximate surface area is 224 Å². The minimum absolute atomic E-state index is 0.198. The van der Waals surface area contributed by atoms with E-state index in [-0.39, 0.29) is 18.8 Å². The fraction of sp³-hybridized carbons (Fsp3) is 0.536. The van der Waals surface area contributed by atoms with Crippen molar-refractivity contribution in [2.24, 2.45) is 0 Å². The molecule has 1 saturated heterocycles. The zero-order valence-electron chi connectivity index (χ0n) is 23.2. The third-order valence-corrected chi connectivity index (χ3v) is 6.40. The van der Waals surface area contributed by atoms with Crippen molar-refractivity contribution in [1.82, 2.24) is 5.06 Å². The summed E-state index contributed by atoms with van der Waals surface area (Å²) in [6.07, 6.45) is 3.38. The molecule has 2 unspecified atom stereocenters. The number of urea groups is 1. The lowest BCUT2D eigenvalue weighted by Gasteiger charge is -2.22. The van der Waals surface area contributed by atoms with Crippen molar-refractivity contribution < 1.29 is 38.4 Å². The maximum absolute atomic E-state index is 12.7. The molecule has 210 valence electrons. The monoisotopic (exact) mass is 532 g/mol. The average molecular weight is 533 g/mol. The van der Waals surface area contributed by atoms with Crippen LogP contribution in [0.1, 0.15) is 69.3 Å². The summed E-state index contributed by atoms with van der Waals surface area (Å²) in [6.45, 7) is 4.66. The number of rotatable bonds is 13. The minimum Gasteiger partial charge on any atom is -0.493 e. The van der Waals surface area contributed by atoms with Crippen molar-refractivity contribution in [3.8, 4) is 28.7 Å². The molecule has 2 N–H and O–H groups in total.